The van der Waals surface area contributed by atoms with E-state index >= 15 is 0 Å². The van der Waals surface area contributed by atoms with Crippen molar-refractivity contribution in [1.29, 1.82) is 0 Å². The molecular formula is C22H22N4O5S. The zero-order chi connectivity index (χ0) is 22.8. The third kappa shape index (κ3) is 6.62. The first-order valence-corrected chi connectivity index (χ1v) is 10.6. The molecule has 1 aromatic heterocycles. The van der Waals surface area contributed by atoms with Crippen molar-refractivity contribution in [3.8, 4) is 0 Å². The second-order valence-corrected chi connectivity index (χ2v) is 7.49. The molecule has 0 unspecified atom stereocenters. The van der Waals surface area contributed by atoms with E-state index in [1.54, 1.807) is 46.7 Å². The van der Waals surface area contributed by atoms with Gasteiger partial charge in [-0.2, -0.15) is 0 Å². The fourth-order valence-electron chi connectivity index (χ4n) is 2.92. The number of ether oxygens (including phenoxy) is 1. The largest absolute Gasteiger partial charge is 0.445 e. The molecule has 9 nitrogen and oxygen atoms in total. The average Bonchev–Trinajstić information content (AvgIpc) is 3.34. The Labute approximate surface area is 188 Å². The number of aromatic nitrogens is 1. The fourth-order valence-corrected chi connectivity index (χ4v) is 3.49. The molecule has 0 saturated carbocycles. The summed E-state index contributed by atoms with van der Waals surface area (Å²) < 4.78 is 5.23. The summed E-state index contributed by atoms with van der Waals surface area (Å²) in [6.45, 7) is 0.0369. The van der Waals surface area contributed by atoms with Crippen LogP contribution in [0.2, 0.25) is 0 Å². The number of hydrogen-bond acceptors (Lipinski definition) is 7. The van der Waals surface area contributed by atoms with Crippen molar-refractivity contribution in [3.63, 3.8) is 0 Å². The van der Waals surface area contributed by atoms with Gasteiger partial charge in [0.25, 0.3) is 5.91 Å². The van der Waals surface area contributed by atoms with E-state index in [4.69, 9.17) is 9.94 Å². The van der Waals surface area contributed by atoms with Crippen molar-refractivity contribution < 1.29 is 24.3 Å². The summed E-state index contributed by atoms with van der Waals surface area (Å²) in [6, 6.07) is 15.5. The van der Waals surface area contributed by atoms with Gasteiger partial charge in [-0.05, 0) is 11.1 Å². The average molecular weight is 455 g/mol. The first kappa shape index (κ1) is 22.9. The van der Waals surface area contributed by atoms with Crippen LogP contribution < -0.4 is 16.1 Å². The number of alkyl carbamates (subject to hydrolysis) is 1. The molecule has 2 aromatic carbocycles. The number of carbonyl (C=O) groups is 3. The molecule has 10 heteroatoms. The van der Waals surface area contributed by atoms with Gasteiger partial charge >= 0.3 is 6.09 Å². The Morgan fingerprint density at radius 1 is 0.969 bits per heavy atom. The lowest BCUT2D eigenvalue weighted by Crippen LogP contribution is -2.51. The van der Waals surface area contributed by atoms with E-state index in [2.05, 4.69) is 15.6 Å². The lowest BCUT2D eigenvalue weighted by atomic mass is 10.0. The molecule has 1 heterocycles. The molecule has 4 N–H and O–H groups in total. The van der Waals surface area contributed by atoms with E-state index in [1.165, 1.54) is 11.3 Å². The van der Waals surface area contributed by atoms with Gasteiger partial charge in [-0.15, -0.1) is 11.3 Å². The van der Waals surface area contributed by atoms with Gasteiger partial charge < -0.3 is 15.4 Å². The molecule has 0 aliphatic heterocycles. The summed E-state index contributed by atoms with van der Waals surface area (Å²) in [5, 5.41) is 15.9. The van der Waals surface area contributed by atoms with Crippen LogP contribution in [0.15, 0.2) is 71.6 Å². The molecule has 0 radical (unpaired) electrons. The molecule has 3 amide bonds. The van der Waals surface area contributed by atoms with Gasteiger partial charge in [0, 0.05) is 11.8 Å². The molecule has 32 heavy (non-hydrogen) atoms. The Balaban J connectivity index is 1.71. The molecule has 0 spiro atoms. The zero-order valence-electron chi connectivity index (χ0n) is 16.9. The third-order valence-corrected chi connectivity index (χ3v) is 5.15. The highest BCUT2D eigenvalue weighted by Gasteiger charge is 2.28. The number of hydroxylamine groups is 1. The number of hydrogen-bond donors (Lipinski definition) is 4. The quantitative estimate of drug-likeness (QED) is 0.290. The van der Waals surface area contributed by atoms with Crippen molar-refractivity contribution in [1.82, 2.24) is 21.1 Å². The van der Waals surface area contributed by atoms with Crippen LogP contribution in [0.5, 0.6) is 0 Å². The Morgan fingerprint density at radius 3 is 2.28 bits per heavy atom. The monoisotopic (exact) mass is 454 g/mol. The zero-order valence-corrected chi connectivity index (χ0v) is 17.7. The first-order chi connectivity index (χ1) is 15.6. The van der Waals surface area contributed by atoms with E-state index in [0.717, 1.165) is 5.56 Å². The first-order valence-electron chi connectivity index (χ1n) is 9.70. The van der Waals surface area contributed by atoms with Crippen LogP contribution in [-0.2, 0) is 27.4 Å². The standard InChI is InChI=1S/C22H22N4O5S/c27-20(26-30)18(11-17-13-32-14-23-17)24-21(28)19(16-9-5-2-6-10-16)25-22(29)31-12-15-7-3-1-4-8-15/h1-10,13-14,18-19,30H,11-12H2,(H,24,28)(H,25,29)(H,26,27)/t18-,19-/m0/s1. The van der Waals surface area contributed by atoms with E-state index in [0.29, 0.717) is 11.3 Å². The van der Waals surface area contributed by atoms with Gasteiger partial charge in [0.05, 0.1) is 11.2 Å². The minimum Gasteiger partial charge on any atom is -0.445 e. The van der Waals surface area contributed by atoms with Crippen molar-refractivity contribution in [2.24, 2.45) is 0 Å². The van der Waals surface area contributed by atoms with Gasteiger partial charge in [-0.1, -0.05) is 60.7 Å². The molecule has 2 atom stereocenters. The van der Waals surface area contributed by atoms with Crippen LogP contribution in [0, 0.1) is 0 Å². The van der Waals surface area contributed by atoms with E-state index < -0.39 is 30.0 Å². The highest BCUT2D eigenvalue weighted by Crippen LogP contribution is 2.15. The number of nitrogens with one attached hydrogen (secondary N) is 3. The van der Waals surface area contributed by atoms with Crippen LogP contribution in [0.25, 0.3) is 0 Å². The van der Waals surface area contributed by atoms with Crippen LogP contribution >= 0.6 is 11.3 Å². The highest BCUT2D eigenvalue weighted by molar-refractivity contribution is 7.07. The minimum atomic E-state index is -1.12. The normalized spacial score (nSPS) is 12.3. The van der Waals surface area contributed by atoms with E-state index in [1.807, 2.05) is 30.3 Å². The maximum atomic E-state index is 13.1. The Morgan fingerprint density at radius 2 is 1.66 bits per heavy atom. The van der Waals surface area contributed by atoms with E-state index in [-0.39, 0.29) is 13.0 Å². The smallest absolute Gasteiger partial charge is 0.408 e. The maximum Gasteiger partial charge on any atom is 0.408 e. The summed E-state index contributed by atoms with van der Waals surface area (Å²) >= 11 is 1.34. The molecule has 3 aromatic rings. The van der Waals surface area contributed by atoms with Gasteiger partial charge in [-0.25, -0.2) is 15.3 Å². The second-order valence-electron chi connectivity index (χ2n) is 6.77. The number of nitrogens with zero attached hydrogens (tertiary/aromatic N) is 1. The van der Waals surface area contributed by atoms with Crippen LogP contribution in [0.3, 0.4) is 0 Å². The van der Waals surface area contributed by atoms with Gasteiger partial charge in [-0.3, -0.25) is 14.8 Å². The molecular weight excluding hydrogens is 432 g/mol. The molecule has 0 aliphatic rings. The Hall–Kier alpha value is -3.76. The molecule has 0 aliphatic carbocycles. The predicted octanol–water partition coefficient (Wildman–Crippen LogP) is 2.34. The number of thiazole rings is 1. The SMILES string of the molecule is O=C(N[C@H](C(=O)N[C@@H](Cc1cscn1)C(=O)NO)c1ccccc1)OCc1ccccc1. The summed E-state index contributed by atoms with van der Waals surface area (Å²) in [5.41, 5.74) is 5.03. The Kier molecular flexibility index (Phi) is 8.29. The van der Waals surface area contributed by atoms with Crippen molar-refractivity contribution in [2.75, 3.05) is 0 Å². The van der Waals surface area contributed by atoms with Gasteiger partial charge in [0.2, 0.25) is 5.91 Å². The van der Waals surface area contributed by atoms with Crippen LogP contribution in [-0.4, -0.2) is 34.1 Å². The predicted molar refractivity (Wildman–Crippen MR) is 117 cm³/mol. The van der Waals surface area contributed by atoms with E-state index in [9.17, 15) is 14.4 Å². The summed E-state index contributed by atoms with van der Waals surface area (Å²) in [4.78, 5) is 41.6. The van der Waals surface area contributed by atoms with Crippen LogP contribution in [0.1, 0.15) is 22.9 Å². The minimum absolute atomic E-state index is 0.0369. The number of carbonyl (C=O) groups excluding carboxylic acids is 3. The Bertz CT molecular complexity index is 1020. The number of benzene rings is 2. The summed E-state index contributed by atoms with van der Waals surface area (Å²) in [6.07, 6.45) is -0.720. The lowest BCUT2D eigenvalue weighted by Gasteiger charge is -2.22. The van der Waals surface area contributed by atoms with Gasteiger partial charge in [0.1, 0.15) is 18.7 Å². The highest BCUT2D eigenvalue weighted by atomic mass is 32.1. The van der Waals surface area contributed by atoms with Gasteiger partial charge in [0.15, 0.2) is 0 Å². The third-order valence-electron chi connectivity index (χ3n) is 4.51. The van der Waals surface area contributed by atoms with Crippen molar-refractivity contribution >= 4 is 29.2 Å². The maximum absolute atomic E-state index is 13.1. The van der Waals surface area contributed by atoms with Crippen LogP contribution in [0.4, 0.5) is 4.79 Å². The topological polar surface area (TPSA) is 130 Å². The summed E-state index contributed by atoms with van der Waals surface area (Å²) in [5.74, 6) is -1.44. The summed E-state index contributed by atoms with van der Waals surface area (Å²) in [7, 11) is 0. The fraction of sp³-hybridized carbons (Fsp3) is 0.182. The lowest BCUT2D eigenvalue weighted by molar-refractivity contribution is -0.135. The second kappa shape index (κ2) is 11.6. The van der Waals surface area contributed by atoms with Crippen molar-refractivity contribution in [3.05, 3.63) is 88.4 Å². The molecule has 3 rings (SSSR count). The molecule has 0 fully saturated rings. The molecule has 166 valence electrons. The number of rotatable bonds is 9. The molecule has 0 bridgehead atoms. The van der Waals surface area contributed by atoms with Crippen molar-refractivity contribution in [2.45, 2.75) is 25.1 Å². The number of amides is 3. The molecule has 0 saturated heterocycles.